The second-order valence-electron chi connectivity index (χ2n) is 8.64. The number of carbonyl (C=O) groups is 1. The quantitative estimate of drug-likeness (QED) is 0.416. The number of non-ortho nitro benzene ring substituents is 1. The standard InChI is InChI=1S/C23H26FN5O6S/c1-16(30)25-14-20-13-22(26-35-20)18-4-7-23(21(24)12-18)27-8-10-28(11-9-27)36(33,34)15-17-2-5-19(6-3-17)29(31)32/h2-7,12,20H,8-11,13-15H2,1H3,(H,25,30). The molecule has 2 aromatic rings. The molecule has 13 heteroatoms. The molecule has 192 valence electrons. The van der Waals surface area contributed by atoms with Crippen LogP contribution in [0.25, 0.3) is 0 Å². The largest absolute Gasteiger partial charge is 0.390 e. The maximum Gasteiger partial charge on any atom is 0.269 e. The Morgan fingerprint density at radius 1 is 1.19 bits per heavy atom. The van der Waals surface area contributed by atoms with E-state index in [2.05, 4.69) is 10.5 Å². The zero-order valence-electron chi connectivity index (χ0n) is 19.6. The van der Waals surface area contributed by atoms with Crippen molar-refractivity contribution in [1.29, 1.82) is 0 Å². The van der Waals surface area contributed by atoms with Crippen molar-refractivity contribution in [3.05, 3.63) is 69.5 Å². The minimum Gasteiger partial charge on any atom is -0.390 e. The van der Waals surface area contributed by atoms with Crippen molar-refractivity contribution in [3.63, 3.8) is 0 Å². The Morgan fingerprint density at radius 3 is 2.50 bits per heavy atom. The van der Waals surface area contributed by atoms with E-state index in [0.717, 1.165) is 0 Å². The topological polar surface area (TPSA) is 134 Å². The molecule has 4 rings (SSSR count). The van der Waals surface area contributed by atoms with Crippen LogP contribution in [0.15, 0.2) is 47.6 Å². The van der Waals surface area contributed by atoms with Crippen molar-refractivity contribution in [2.45, 2.75) is 25.2 Å². The molecular formula is C23H26FN5O6S. The number of halogens is 1. The number of nitro benzene ring substituents is 1. The third-order valence-corrected chi connectivity index (χ3v) is 7.91. The van der Waals surface area contributed by atoms with Crippen molar-refractivity contribution < 1.29 is 27.4 Å². The van der Waals surface area contributed by atoms with Crippen LogP contribution >= 0.6 is 0 Å². The Labute approximate surface area is 207 Å². The summed E-state index contributed by atoms with van der Waals surface area (Å²) >= 11 is 0. The van der Waals surface area contributed by atoms with Gasteiger partial charge in [0, 0.05) is 57.2 Å². The number of hydrogen-bond acceptors (Lipinski definition) is 8. The third kappa shape index (κ3) is 5.97. The van der Waals surface area contributed by atoms with Crippen LogP contribution in [0.5, 0.6) is 0 Å². The van der Waals surface area contributed by atoms with Gasteiger partial charge in [0.05, 0.1) is 28.6 Å². The predicted octanol–water partition coefficient (Wildman–Crippen LogP) is 2.01. The van der Waals surface area contributed by atoms with Gasteiger partial charge in [0.1, 0.15) is 11.9 Å². The number of sulfonamides is 1. The lowest BCUT2D eigenvalue weighted by Gasteiger charge is -2.35. The monoisotopic (exact) mass is 519 g/mol. The van der Waals surface area contributed by atoms with Gasteiger partial charge in [-0.3, -0.25) is 14.9 Å². The van der Waals surface area contributed by atoms with E-state index < -0.39 is 20.8 Å². The zero-order valence-corrected chi connectivity index (χ0v) is 20.4. The molecule has 1 fully saturated rings. The summed E-state index contributed by atoms with van der Waals surface area (Å²) in [6, 6.07) is 10.2. The number of hydrogen-bond donors (Lipinski definition) is 1. The highest BCUT2D eigenvalue weighted by Gasteiger charge is 2.29. The molecule has 0 spiro atoms. The van der Waals surface area contributed by atoms with Gasteiger partial charge < -0.3 is 15.1 Å². The number of benzene rings is 2. The number of nitrogens with zero attached hydrogens (tertiary/aromatic N) is 4. The van der Waals surface area contributed by atoms with Crippen LogP contribution in [-0.4, -0.2) is 68.1 Å². The van der Waals surface area contributed by atoms with E-state index in [4.69, 9.17) is 4.84 Å². The minimum absolute atomic E-state index is 0.102. The summed E-state index contributed by atoms with van der Waals surface area (Å²) < 4.78 is 42.0. The Morgan fingerprint density at radius 2 is 1.89 bits per heavy atom. The van der Waals surface area contributed by atoms with Crippen molar-refractivity contribution >= 4 is 33.0 Å². The van der Waals surface area contributed by atoms with Crippen LogP contribution in [0, 0.1) is 15.9 Å². The Balaban J connectivity index is 1.34. The lowest BCUT2D eigenvalue weighted by molar-refractivity contribution is -0.384. The van der Waals surface area contributed by atoms with E-state index in [1.54, 1.807) is 17.0 Å². The summed E-state index contributed by atoms with van der Waals surface area (Å²) in [4.78, 5) is 28.4. The number of nitrogens with one attached hydrogen (secondary N) is 1. The number of nitro groups is 1. The van der Waals surface area contributed by atoms with Gasteiger partial charge in [-0.05, 0) is 17.7 Å². The van der Waals surface area contributed by atoms with Gasteiger partial charge >= 0.3 is 0 Å². The van der Waals surface area contributed by atoms with Crippen LogP contribution in [0.2, 0.25) is 0 Å². The van der Waals surface area contributed by atoms with Gasteiger partial charge in [-0.25, -0.2) is 12.8 Å². The SMILES string of the molecule is CC(=O)NCC1CC(c2ccc(N3CCN(S(=O)(=O)Cc4ccc([N+](=O)[O-])cc4)CC3)c(F)c2)=NO1. The summed E-state index contributed by atoms with van der Waals surface area (Å²) in [6.07, 6.45) is 0.150. The molecule has 1 N–H and O–H groups in total. The summed E-state index contributed by atoms with van der Waals surface area (Å²) in [5.74, 6) is -0.870. The van der Waals surface area contributed by atoms with E-state index in [-0.39, 0.29) is 36.5 Å². The lowest BCUT2D eigenvalue weighted by atomic mass is 10.0. The van der Waals surface area contributed by atoms with Crippen LogP contribution in [0.4, 0.5) is 15.8 Å². The third-order valence-electron chi connectivity index (χ3n) is 6.06. The number of piperazine rings is 1. The smallest absolute Gasteiger partial charge is 0.269 e. The summed E-state index contributed by atoms with van der Waals surface area (Å²) in [5.41, 5.74) is 1.92. The first kappa shape index (κ1) is 25.5. The summed E-state index contributed by atoms with van der Waals surface area (Å²) in [7, 11) is -3.63. The van der Waals surface area contributed by atoms with Crippen LogP contribution in [0.3, 0.4) is 0 Å². The number of amides is 1. The maximum absolute atomic E-state index is 15.0. The highest BCUT2D eigenvalue weighted by molar-refractivity contribution is 7.88. The van der Waals surface area contributed by atoms with Gasteiger partial charge in [0.2, 0.25) is 15.9 Å². The fraction of sp³-hybridized carbons (Fsp3) is 0.391. The molecule has 0 saturated carbocycles. The minimum atomic E-state index is -3.63. The molecule has 1 saturated heterocycles. The van der Waals surface area contributed by atoms with E-state index in [0.29, 0.717) is 48.6 Å². The number of rotatable bonds is 8. The van der Waals surface area contributed by atoms with E-state index in [9.17, 15) is 27.7 Å². The first-order valence-electron chi connectivity index (χ1n) is 11.4. The van der Waals surface area contributed by atoms with Crippen molar-refractivity contribution in [3.8, 4) is 0 Å². The Bertz CT molecular complexity index is 1280. The van der Waals surface area contributed by atoms with Gasteiger partial charge in [0.15, 0.2) is 0 Å². The lowest BCUT2D eigenvalue weighted by Crippen LogP contribution is -2.49. The number of anilines is 1. The molecule has 0 radical (unpaired) electrons. The van der Waals surface area contributed by atoms with Gasteiger partial charge in [-0.1, -0.05) is 23.4 Å². The molecule has 1 unspecified atom stereocenters. The molecular weight excluding hydrogens is 493 g/mol. The molecule has 0 aliphatic carbocycles. The first-order chi connectivity index (χ1) is 17.1. The molecule has 36 heavy (non-hydrogen) atoms. The average molecular weight is 520 g/mol. The van der Waals surface area contributed by atoms with Crippen molar-refractivity contribution in [2.24, 2.45) is 5.16 Å². The molecule has 2 aliphatic heterocycles. The van der Waals surface area contributed by atoms with Crippen LogP contribution in [0.1, 0.15) is 24.5 Å². The van der Waals surface area contributed by atoms with Crippen LogP contribution in [-0.2, 0) is 25.4 Å². The van der Waals surface area contributed by atoms with Crippen LogP contribution < -0.4 is 10.2 Å². The maximum atomic E-state index is 15.0. The fourth-order valence-corrected chi connectivity index (χ4v) is 5.65. The Kier molecular flexibility index (Phi) is 7.50. The van der Waals surface area contributed by atoms with E-state index >= 15 is 0 Å². The molecule has 1 atom stereocenters. The number of carbonyl (C=O) groups excluding carboxylic acids is 1. The number of oxime groups is 1. The normalized spacial score (nSPS) is 18.4. The van der Waals surface area contributed by atoms with Gasteiger partial charge in [-0.2, -0.15) is 4.31 Å². The zero-order chi connectivity index (χ0) is 25.9. The molecule has 0 bridgehead atoms. The summed E-state index contributed by atoms with van der Waals surface area (Å²) in [5, 5.41) is 17.5. The second-order valence-corrected chi connectivity index (χ2v) is 10.6. The first-order valence-corrected chi connectivity index (χ1v) is 13.0. The molecule has 2 aromatic carbocycles. The molecule has 2 heterocycles. The molecule has 0 aromatic heterocycles. The average Bonchev–Trinajstić information content (AvgIpc) is 3.32. The molecule has 2 aliphatic rings. The van der Waals surface area contributed by atoms with Gasteiger partial charge in [0.25, 0.3) is 5.69 Å². The molecule has 11 nitrogen and oxygen atoms in total. The van der Waals surface area contributed by atoms with E-state index in [1.165, 1.54) is 41.6 Å². The second kappa shape index (κ2) is 10.6. The summed E-state index contributed by atoms with van der Waals surface area (Å²) in [6.45, 7) is 2.76. The van der Waals surface area contributed by atoms with Crippen molar-refractivity contribution in [1.82, 2.24) is 9.62 Å². The highest BCUT2D eigenvalue weighted by atomic mass is 32.2. The Hall–Kier alpha value is -3.58. The highest BCUT2D eigenvalue weighted by Crippen LogP contribution is 2.26. The van der Waals surface area contributed by atoms with E-state index in [1.807, 2.05) is 0 Å². The molecule has 1 amide bonds. The fourth-order valence-electron chi connectivity index (χ4n) is 4.13. The van der Waals surface area contributed by atoms with Gasteiger partial charge in [-0.15, -0.1) is 0 Å². The van der Waals surface area contributed by atoms with Crippen molar-refractivity contribution in [2.75, 3.05) is 37.6 Å². The predicted molar refractivity (Wildman–Crippen MR) is 131 cm³/mol.